The molecule has 0 aromatic heterocycles. The number of benzene rings is 1. The van der Waals surface area contributed by atoms with Crippen LogP contribution in [-0.4, -0.2) is 0 Å². The maximum Gasteiger partial charge on any atom is -0.00915 e. The Morgan fingerprint density at radius 2 is 1.72 bits per heavy atom. The highest BCUT2D eigenvalue weighted by atomic mass is 14.3. The zero-order valence-electron chi connectivity index (χ0n) is 11.7. The monoisotopic (exact) mass is 238 g/mol. The third-order valence-electron chi connectivity index (χ3n) is 4.17. The zero-order chi connectivity index (χ0) is 12.8. The lowest BCUT2D eigenvalue weighted by molar-refractivity contribution is 0.586. The second kappa shape index (κ2) is 4.12. The van der Waals surface area contributed by atoms with Crippen molar-refractivity contribution in [2.45, 2.75) is 51.9 Å². The van der Waals surface area contributed by atoms with E-state index in [0.29, 0.717) is 0 Å². The molecule has 0 bridgehead atoms. The maximum absolute atomic E-state index is 2.47. The van der Waals surface area contributed by atoms with Gasteiger partial charge in [0.25, 0.3) is 0 Å². The summed E-state index contributed by atoms with van der Waals surface area (Å²) in [4.78, 5) is 0. The molecular weight excluding hydrogens is 216 g/mol. The van der Waals surface area contributed by atoms with Gasteiger partial charge in [0, 0.05) is 0 Å². The SMILES string of the molecule is CC(C)(C)c1cc2c(c3c1C=CCC3)CC=CC2. The highest BCUT2D eigenvalue weighted by Gasteiger charge is 2.24. The van der Waals surface area contributed by atoms with Crippen LogP contribution in [0.1, 0.15) is 55.0 Å². The van der Waals surface area contributed by atoms with Crippen LogP contribution in [0.15, 0.2) is 24.3 Å². The van der Waals surface area contributed by atoms with Crippen molar-refractivity contribution >= 4 is 6.08 Å². The van der Waals surface area contributed by atoms with Crippen molar-refractivity contribution in [3.8, 4) is 0 Å². The first-order chi connectivity index (χ1) is 8.57. The zero-order valence-corrected chi connectivity index (χ0v) is 11.7. The summed E-state index contributed by atoms with van der Waals surface area (Å²) in [6.45, 7) is 6.99. The van der Waals surface area contributed by atoms with E-state index in [2.05, 4.69) is 51.1 Å². The van der Waals surface area contributed by atoms with E-state index in [1.165, 1.54) is 24.0 Å². The number of hydrogen-bond acceptors (Lipinski definition) is 0. The predicted octanol–water partition coefficient (Wildman–Crippen LogP) is 4.60. The standard InChI is InChI=1S/C18H22/c1-18(2,3)17-12-13-8-4-5-9-14(13)15-10-6-7-11-16(15)17/h4-5,7,11-12H,6,8-10H2,1-3H3. The van der Waals surface area contributed by atoms with Gasteiger partial charge in [0.05, 0.1) is 0 Å². The minimum Gasteiger partial charge on any atom is -0.0838 e. The van der Waals surface area contributed by atoms with Gasteiger partial charge in [-0.2, -0.15) is 0 Å². The van der Waals surface area contributed by atoms with Crippen molar-refractivity contribution in [2.24, 2.45) is 0 Å². The van der Waals surface area contributed by atoms with Crippen LogP contribution in [0.5, 0.6) is 0 Å². The van der Waals surface area contributed by atoms with Gasteiger partial charge in [0.1, 0.15) is 0 Å². The molecule has 0 unspecified atom stereocenters. The first-order valence-corrected chi connectivity index (χ1v) is 7.07. The smallest absolute Gasteiger partial charge is 0.00915 e. The average Bonchev–Trinajstić information content (AvgIpc) is 2.37. The van der Waals surface area contributed by atoms with Gasteiger partial charge in [-0.1, -0.05) is 51.1 Å². The van der Waals surface area contributed by atoms with Crippen molar-refractivity contribution < 1.29 is 0 Å². The van der Waals surface area contributed by atoms with Crippen molar-refractivity contribution in [2.75, 3.05) is 0 Å². The number of fused-ring (bicyclic) bond motifs is 3. The van der Waals surface area contributed by atoms with E-state index in [1.807, 2.05) is 0 Å². The van der Waals surface area contributed by atoms with Crippen LogP contribution in [0.25, 0.3) is 6.08 Å². The van der Waals surface area contributed by atoms with E-state index < -0.39 is 0 Å². The minimum atomic E-state index is 0.238. The van der Waals surface area contributed by atoms with Crippen LogP contribution in [0.3, 0.4) is 0 Å². The summed E-state index contributed by atoms with van der Waals surface area (Å²) in [6.07, 6.45) is 14.0. The molecule has 0 nitrogen and oxygen atoms in total. The Bertz CT molecular complexity index is 536. The fourth-order valence-electron chi connectivity index (χ4n) is 3.23. The van der Waals surface area contributed by atoms with Crippen LogP contribution in [-0.2, 0) is 24.7 Å². The Morgan fingerprint density at radius 3 is 2.50 bits per heavy atom. The normalized spacial score (nSPS) is 17.5. The molecule has 0 amide bonds. The summed E-state index contributed by atoms with van der Waals surface area (Å²) in [6, 6.07) is 2.47. The molecule has 18 heavy (non-hydrogen) atoms. The quantitative estimate of drug-likeness (QED) is 0.579. The lowest BCUT2D eigenvalue weighted by atomic mass is 9.75. The average molecular weight is 238 g/mol. The Kier molecular flexibility index (Phi) is 2.69. The van der Waals surface area contributed by atoms with Crippen molar-refractivity contribution in [3.63, 3.8) is 0 Å². The molecule has 3 rings (SSSR count). The Labute approximate surface area is 110 Å². The molecule has 0 atom stereocenters. The van der Waals surface area contributed by atoms with E-state index in [0.717, 1.165) is 12.8 Å². The molecule has 2 aliphatic carbocycles. The molecule has 0 saturated heterocycles. The van der Waals surface area contributed by atoms with E-state index in [4.69, 9.17) is 0 Å². The van der Waals surface area contributed by atoms with Gasteiger partial charge >= 0.3 is 0 Å². The third-order valence-corrected chi connectivity index (χ3v) is 4.17. The van der Waals surface area contributed by atoms with Gasteiger partial charge in [0.2, 0.25) is 0 Å². The molecule has 1 aromatic rings. The van der Waals surface area contributed by atoms with Crippen LogP contribution in [0, 0.1) is 0 Å². The first-order valence-electron chi connectivity index (χ1n) is 7.07. The highest BCUT2D eigenvalue weighted by Crippen LogP contribution is 2.37. The molecule has 1 aromatic carbocycles. The molecular formula is C18H22. The van der Waals surface area contributed by atoms with Gasteiger partial charge < -0.3 is 0 Å². The fourth-order valence-corrected chi connectivity index (χ4v) is 3.23. The van der Waals surface area contributed by atoms with E-state index in [-0.39, 0.29) is 5.41 Å². The Morgan fingerprint density at radius 1 is 0.944 bits per heavy atom. The first kappa shape index (κ1) is 11.8. The molecule has 0 spiro atoms. The summed E-state index contributed by atoms with van der Waals surface area (Å²) < 4.78 is 0. The molecule has 0 radical (unpaired) electrons. The lowest BCUT2D eigenvalue weighted by Gasteiger charge is -2.29. The van der Waals surface area contributed by atoms with Gasteiger partial charge in [-0.25, -0.2) is 0 Å². The van der Waals surface area contributed by atoms with E-state index in [1.54, 1.807) is 16.7 Å². The van der Waals surface area contributed by atoms with Crippen LogP contribution in [0.2, 0.25) is 0 Å². The van der Waals surface area contributed by atoms with Crippen molar-refractivity contribution in [3.05, 3.63) is 52.1 Å². The van der Waals surface area contributed by atoms with Crippen LogP contribution in [0.4, 0.5) is 0 Å². The maximum atomic E-state index is 2.47. The van der Waals surface area contributed by atoms with E-state index >= 15 is 0 Å². The Balaban J connectivity index is 2.27. The van der Waals surface area contributed by atoms with Gasteiger partial charge in [-0.05, 0) is 58.9 Å². The number of allylic oxidation sites excluding steroid dienone is 3. The largest absolute Gasteiger partial charge is 0.0838 e. The van der Waals surface area contributed by atoms with Crippen LogP contribution < -0.4 is 0 Å². The molecule has 94 valence electrons. The van der Waals surface area contributed by atoms with Crippen molar-refractivity contribution in [1.82, 2.24) is 0 Å². The third kappa shape index (κ3) is 1.84. The van der Waals surface area contributed by atoms with Gasteiger partial charge in [-0.15, -0.1) is 0 Å². The van der Waals surface area contributed by atoms with Gasteiger partial charge in [-0.3, -0.25) is 0 Å². The Hall–Kier alpha value is -1.30. The summed E-state index contributed by atoms with van der Waals surface area (Å²) >= 11 is 0. The molecule has 0 heteroatoms. The molecule has 2 aliphatic rings. The van der Waals surface area contributed by atoms with Crippen molar-refractivity contribution in [1.29, 1.82) is 0 Å². The molecule has 0 saturated carbocycles. The highest BCUT2D eigenvalue weighted by molar-refractivity contribution is 5.66. The summed E-state index contributed by atoms with van der Waals surface area (Å²) in [5, 5.41) is 0. The minimum absolute atomic E-state index is 0.238. The predicted molar refractivity (Wildman–Crippen MR) is 79.0 cm³/mol. The topological polar surface area (TPSA) is 0 Å². The number of hydrogen-bond donors (Lipinski definition) is 0. The van der Waals surface area contributed by atoms with Gasteiger partial charge in [0.15, 0.2) is 0 Å². The summed E-state index contributed by atoms with van der Waals surface area (Å²) in [7, 11) is 0. The summed E-state index contributed by atoms with van der Waals surface area (Å²) in [5.74, 6) is 0. The molecule has 0 aliphatic heterocycles. The molecule has 0 N–H and O–H groups in total. The van der Waals surface area contributed by atoms with Crippen LogP contribution >= 0.6 is 0 Å². The van der Waals surface area contributed by atoms with E-state index in [9.17, 15) is 0 Å². The lowest BCUT2D eigenvalue weighted by Crippen LogP contribution is -2.18. The summed E-state index contributed by atoms with van der Waals surface area (Å²) in [5.41, 5.74) is 8.10. The second-order valence-corrected chi connectivity index (χ2v) is 6.52. The molecule has 0 heterocycles. The second-order valence-electron chi connectivity index (χ2n) is 6.52. The fraction of sp³-hybridized carbons (Fsp3) is 0.444. The number of rotatable bonds is 0. The molecule has 0 fully saturated rings.